The van der Waals surface area contributed by atoms with Gasteiger partial charge in [-0.25, -0.2) is 8.42 Å². The predicted octanol–water partition coefficient (Wildman–Crippen LogP) is 0.750. The monoisotopic (exact) mass is 300 g/mol. The Balaban J connectivity index is 1.83. The minimum Gasteiger partial charge on any atom is -0.481 e. The number of aromatic nitrogens is 1. The summed E-state index contributed by atoms with van der Waals surface area (Å²) in [7, 11) is -3.55. The fourth-order valence-corrected chi connectivity index (χ4v) is 5.35. The van der Waals surface area contributed by atoms with E-state index in [9.17, 15) is 13.2 Å². The molecule has 1 aromatic rings. The molecular formula is C12H16N2O5S. The lowest BCUT2D eigenvalue weighted by atomic mass is 9.89. The lowest BCUT2D eigenvalue weighted by Crippen LogP contribution is -2.38. The molecule has 2 bridgehead atoms. The van der Waals surface area contributed by atoms with E-state index in [0.29, 0.717) is 24.3 Å². The van der Waals surface area contributed by atoms with Gasteiger partial charge in [0.1, 0.15) is 17.2 Å². The van der Waals surface area contributed by atoms with Crippen molar-refractivity contribution >= 4 is 16.0 Å². The summed E-state index contributed by atoms with van der Waals surface area (Å²) in [4.78, 5) is 11.2. The average molecular weight is 300 g/mol. The van der Waals surface area contributed by atoms with Crippen LogP contribution >= 0.6 is 0 Å². The molecule has 0 aliphatic carbocycles. The second kappa shape index (κ2) is 4.56. The van der Waals surface area contributed by atoms with Crippen molar-refractivity contribution in [2.45, 2.75) is 44.0 Å². The summed E-state index contributed by atoms with van der Waals surface area (Å²) in [6, 6.07) is 0.999. The topological polar surface area (TPSA) is 101 Å². The smallest absolute Gasteiger partial charge is 0.308 e. The maximum Gasteiger partial charge on any atom is 0.308 e. The first-order chi connectivity index (χ1) is 9.38. The number of rotatable bonds is 4. The second-order valence-electron chi connectivity index (χ2n) is 5.49. The van der Waals surface area contributed by atoms with Crippen LogP contribution in [0.4, 0.5) is 0 Å². The molecule has 3 rings (SSSR count). The number of nitrogens with zero attached hydrogens (tertiary/aromatic N) is 2. The molecular weight excluding hydrogens is 284 g/mol. The Labute approximate surface area is 116 Å². The molecule has 2 aliphatic heterocycles. The summed E-state index contributed by atoms with van der Waals surface area (Å²) in [6.45, 7) is 1.70. The predicted molar refractivity (Wildman–Crippen MR) is 68.3 cm³/mol. The van der Waals surface area contributed by atoms with E-state index in [1.807, 2.05) is 0 Å². The number of hydrogen-bond donors (Lipinski definition) is 1. The van der Waals surface area contributed by atoms with Crippen molar-refractivity contribution in [1.29, 1.82) is 0 Å². The molecule has 1 N–H and O–H groups in total. The van der Waals surface area contributed by atoms with E-state index in [4.69, 9.17) is 9.63 Å². The van der Waals surface area contributed by atoms with E-state index < -0.39 is 28.0 Å². The van der Waals surface area contributed by atoms with Gasteiger partial charge in [-0.05, 0) is 26.2 Å². The molecule has 3 heterocycles. The fourth-order valence-electron chi connectivity index (χ4n) is 3.39. The van der Waals surface area contributed by atoms with Gasteiger partial charge in [0, 0.05) is 18.2 Å². The highest BCUT2D eigenvalue weighted by Gasteiger charge is 2.54. The SMILES string of the molecule is Cc1cc(CS(=O)(=O)N2C3CCC2C(C(=O)O)C3)no1. The Hall–Kier alpha value is -1.41. The van der Waals surface area contributed by atoms with E-state index in [2.05, 4.69) is 5.16 Å². The first-order valence-corrected chi connectivity index (χ1v) is 8.15. The van der Waals surface area contributed by atoms with E-state index >= 15 is 0 Å². The van der Waals surface area contributed by atoms with Crippen molar-refractivity contribution in [3.63, 3.8) is 0 Å². The number of carboxylic acids is 1. The van der Waals surface area contributed by atoms with Crippen molar-refractivity contribution < 1.29 is 22.8 Å². The summed E-state index contributed by atoms with van der Waals surface area (Å²) in [5.41, 5.74) is 0.362. The largest absolute Gasteiger partial charge is 0.481 e. The summed E-state index contributed by atoms with van der Waals surface area (Å²) in [6.07, 6.45) is 1.78. The normalized spacial score (nSPS) is 29.9. The zero-order valence-corrected chi connectivity index (χ0v) is 11.8. The van der Waals surface area contributed by atoms with Crippen LogP contribution in [0.5, 0.6) is 0 Å². The number of sulfonamides is 1. The van der Waals surface area contributed by atoms with Crippen LogP contribution < -0.4 is 0 Å². The van der Waals surface area contributed by atoms with Crippen molar-refractivity contribution in [3.8, 4) is 0 Å². The zero-order chi connectivity index (χ0) is 14.5. The Morgan fingerprint density at radius 1 is 1.55 bits per heavy atom. The summed E-state index contributed by atoms with van der Waals surface area (Å²) < 4.78 is 31.3. The van der Waals surface area contributed by atoms with Crippen molar-refractivity contribution in [2.75, 3.05) is 0 Å². The number of fused-ring (bicyclic) bond motifs is 2. The quantitative estimate of drug-likeness (QED) is 0.880. The maximum atomic E-state index is 12.5. The molecule has 3 atom stereocenters. The Bertz CT molecular complexity index is 638. The Morgan fingerprint density at radius 3 is 2.85 bits per heavy atom. The minimum absolute atomic E-state index is 0.181. The van der Waals surface area contributed by atoms with Crippen LogP contribution in [0.2, 0.25) is 0 Å². The minimum atomic E-state index is -3.55. The molecule has 8 heteroatoms. The van der Waals surface area contributed by atoms with E-state index in [0.717, 1.165) is 6.42 Å². The number of carbonyl (C=O) groups is 1. The Morgan fingerprint density at radius 2 is 2.30 bits per heavy atom. The van der Waals surface area contributed by atoms with Crippen molar-refractivity contribution in [3.05, 3.63) is 17.5 Å². The first-order valence-electron chi connectivity index (χ1n) is 6.54. The molecule has 0 spiro atoms. The molecule has 0 amide bonds. The fraction of sp³-hybridized carbons (Fsp3) is 0.667. The van der Waals surface area contributed by atoms with Gasteiger partial charge in [-0.2, -0.15) is 4.31 Å². The summed E-state index contributed by atoms with van der Waals surface area (Å²) >= 11 is 0. The molecule has 20 heavy (non-hydrogen) atoms. The third-order valence-electron chi connectivity index (χ3n) is 4.12. The van der Waals surface area contributed by atoms with Crippen LogP contribution in [0.1, 0.15) is 30.7 Å². The van der Waals surface area contributed by atoms with Crippen LogP contribution in [-0.4, -0.2) is 41.0 Å². The van der Waals surface area contributed by atoms with Gasteiger partial charge in [0.2, 0.25) is 10.0 Å². The van der Waals surface area contributed by atoms with E-state index in [1.54, 1.807) is 13.0 Å². The van der Waals surface area contributed by atoms with E-state index in [1.165, 1.54) is 4.31 Å². The summed E-state index contributed by atoms with van der Waals surface area (Å²) in [5, 5.41) is 12.9. The lowest BCUT2D eigenvalue weighted by Gasteiger charge is -2.21. The van der Waals surface area contributed by atoms with Crippen LogP contribution in [0, 0.1) is 12.8 Å². The highest BCUT2D eigenvalue weighted by Crippen LogP contribution is 2.44. The van der Waals surface area contributed by atoms with E-state index in [-0.39, 0.29) is 11.8 Å². The molecule has 1 aromatic heterocycles. The maximum absolute atomic E-state index is 12.5. The second-order valence-corrected chi connectivity index (χ2v) is 7.37. The average Bonchev–Trinajstić information content (AvgIpc) is 3.02. The molecule has 2 fully saturated rings. The highest BCUT2D eigenvalue weighted by molar-refractivity contribution is 7.88. The standard InChI is InChI=1S/C12H16N2O5S/c1-7-4-8(13-19-7)6-20(17,18)14-9-2-3-11(14)10(5-9)12(15)16/h4,9-11H,2-3,5-6H2,1H3,(H,15,16). The van der Waals surface area contributed by atoms with Gasteiger partial charge < -0.3 is 9.63 Å². The number of aliphatic carboxylic acids is 1. The van der Waals surface area contributed by atoms with Gasteiger partial charge in [-0.15, -0.1) is 0 Å². The van der Waals surface area contributed by atoms with Crippen LogP contribution in [-0.2, 0) is 20.6 Å². The number of aryl methyl sites for hydroxylation is 1. The lowest BCUT2D eigenvalue weighted by molar-refractivity contribution is -0.142. The van der Waals surface area contributed by atoms with Crippen molar-refractivity contribution in [1.82, 2.24) is 9.46 Å². The molecule has 0 saturated carbocycles. The Kier molecular flexibility index (Phi) is 3.09. The third-order valence-corrected chi connectivity index (χ3v) is 5.99. The summed E-state index contributed by atoms with van der Waals surface area (Å²) in [5.74, 6) is -1.16. The van der Waals surface area contributed by atoms with Crippen molar-refractivity contribution in [2.24, 2.45) is 5.92 Å². The molecule has 7 nitrogen and oxygen atoms in total. The van der Waals surface area contributed by atoms with Gasteiger partial charge in [0.15, 0.2) is 0 Å². The molecule has 2 aliphatic rings. The van der Waals surface area contributed by atoms with Crippen LogP contribution in [0.25, 0.3) is 0 Å². The van der Waals surface area contributed by atoms with Gasteiger partial charge in [0.25, 0.3) is 0 Å². The molecule has 0 radical (unpaired) electrons. The first kappa shape index (κ1) is 13.6. The van der Waals surface area contributed by atoms with Gasteiger partial charge in [-0.3, -0.25) is 4.79 Å². The highest BCUT2D eigenvalue weighted by atomic mass is 32.2. The third kappa shape index (κ3) is 2.12. The van der Waals surface area contributed by atoms with Crippen LogP contribution in [0.3, 0.4) is 0 Å². The zero-order valence-electron chi connectivity index (χ0n) is 11.0. The molecule has 3 unspecified atom stereocenters. The molecule has 2 saturated heterocycles. The molecule has 0 aromatic carbocycles. The van der Waals surface area contributed by atoms with Gasteiger partial charge in [0.05, 0.1) is 5.92 Å². The van der Waals surface area contributed by atoms with Gasteiger partial charge in [-0.1, -0.05) is 5.16 Å². The van der Waals surface area contributed by atoms with Gasteiger partial charge >= 0.3 is 5.97 Å². The number of carboxylic acid groups (broad SMARTS) is 1. The molecule has 110 valence electrons. The van der Waals surface area contributed by atoms with Crippen LogP contribution in [0.15, 0.2) is 10.6 Å². The number of hydrogen-bond acceptors (Lipinski definition) is 5.